The van der Waals surface area contributed by atoms with Crippen LogP contribution in [0.1, 0.15) is 297 Å². The van der Waals surface area contributed by atoms with E-state index in [1.807, 2.05) is 0 Å². The molecule has 12 nitrogen and oxygen atoms in total. The van der Waals surface area contributed by atoms with E-state index in [1.165, 1.54) is 180 Å². The normalized spacial score (nSPS) is 11.7. The third-order valence-corrected chi connectivity index (χ3v) is 15.5. The molecule has 0 heterocycles. The lowest BCUT2D eigenvalue weighted by molar-refractivity contribution is -0.146. The Morgan fingerprint density at radius 2 is 0.423 bits per heavy atom. The van der Waals surface area contributed by atoms with Gasteiger partial charge in [0.15, 0.2) is 0 Å². The molecule has 0 aliphatic rings. The summed E-state index contributed by atoms with van der Waals surface area (Å²) in [6, 6.07) is 0. The highest BCUT2D eigenvalue weighted by Crippen LogP contribution is 2.14. The zero-order valence-electron chi connectivity index (χ0n) is 52.7. The minimum Gasteiger partial charge on any atom is -0.466 e. The molecule has 78 heavy (non-hydrogen) atoms. The van der Waals surface area contributed by atoms with Gasteiger partial charge >= 0.3 is 23.9 Å². The molecule has 0 bridgehead atoms. The lowest BCUT2D eigenvalue weighted by Crippen LogP contribution is -2.36. The average Bonchev–Trinajstić information content (AvgIpc) is 3.43. The molecule has 0 N–H and O–H groups in total. The predicted molar refractivity (Wildman–Crippen MR) is 328 cm³/mol. The van der Waals surface area contributed by atoms with E-state index in [0.717, 1.165) is 103 Å². The summed E-state index contributed by atoms with van der Waals surface area (Å²) >= 11 is 0. The molecule has 0 amide bonds. The fourth-order valence-corrected chi connectivity index (χ4v) is 10.0. The molecule has 0 saturated carbocycles. The number of carbonyl (C=O) groups is 4. The topological polar surface area (TPSA) is 118 Å². The van der Waals surface area contributed by atoms with Crippen LogP contribution < -0.4 is 0 Å². The minimum atomic E-state index is -0.153. The fraction of sp³-hybridized carbons (Fsp3) is 0.939. The number of hydrogen-bond donors (Lipinski definition) is 0. The van der Waals surface area contributed by atoms with Crippen molar-refractivity contribution < 1.29 is 38.1 Å². The second kappa shape index (κ2) is 60.8. The van der Waals surface area contributed by atoms with E-state index in [0.29, 0.717) is 78.3 Å². The van der Waals surface area contributed by atoms with Crippen LogP contribution >= 0.6 is 0 Å². The Balaban J connectivity index is 4.96. The summed E-state index contributed by atoms with van der Waals surface area (Å²) in [5.41, 5.74) is 0. The van der Waals surface area contributed by atoms with Crippen molar-refractivity contribution in [2.75, 3.05) is 106 Å². The van der Waals surface area contributed by atoms with E-state index in [-0.39, 0.29) is 23.9 Å². The highest BCUT2D eigenvalue weighted by atomic mass is 16.5. The number of ether oxygens (including phenoxy) is 4. The molecular formula is C66H130N4O8. The molecule has 0 spiro atoms. The maximum atomic E-state index is 12.8. The van der Waals surface area contributed by atoms with Gasteiger partial charge < -0.3 is 38.5 Å². The Bertz CT molecular complexity index is 1130. The van der Waals surface area contributed by atoms with E-state index < -0.39 is 0 Å². The molecule has 12 heteroatoms. The van der Waals surface area contributed by atoms with Gasteiger partial charge in [-0.1, -0.05) is 233 Å². The van der Waals surface area contributed by atoms with Crippen LogP contribution in [-0.4, -0.2) is 149 Å². The van der Waals surface area contributed by atoms with E-state index >= 15 is 0 Å². The first-order valence-corrected chi connectivity index (χ1v) is 33.6. The Morgan fingerprint density at radius 1 is 0.231 bits per heavy atom. The SMILES string of the molecule is CCCCCCCCCCCOC(=O)CCN(CCCN(C)CCN(C)CCCN(CCC(=O)OCCCCCCCCCCC)CCC(=O)OCCCCCCCCCCC)CCC(=O)OCCCCCCCCCCC. The Labute approximate surface area is 483 Å². The first-order chi connectivity index (χ1) is 38.1. The highest BCUT2D eigenvalue weighted by molar-refractivity contribution is 5.71. The fourth-order valence-electron chi connectivity index (χ4n) is 10.0. The second-order valence-electron chi connectivity index (χ2n) is 23.2. The molecule has 0 aliphatic heterocycles. The maximum Gasteiger partial charge on any atom is 0.307 e. The minimum absolute atomic E-state index is 0.153. The molecule has 0 aromatic heterocycles. The molecule has 0 fully saturated rings. The Kier molecular flexibility index (Phi) is 59.0. The molecule has 0 atom stereocenters. The number of unbranched alkanes of at least 4 members (excludes halogenated alkanes) is 32. The van der Waals surface area contributed by atoms with E-state index in [4.69, 9.17) is 18.9 Å². The third-order valence-electron chi connectivity index (χ3n) is 15.5. The lowest BCUT2D eigenvalue weighted by atomic mass is 10.1. The molecule has 0 aromatic rings. The molecule has 462 valence electrons. The summed E-state index contributed by atoms with van der Waals surface area (Å²) in [7, 11) is 4.33. The van der Waals surface area contributed by atoms with Crippen molar-refractivity contribution in [2.24, 2.45) is 0 Å². The molecular weight excluding hydrogens is 977 g/mol. The summed E-state index contributed by atoms with van der Waals surface area (Å²) in [6.07, 6.45) is 47.5. The first-order valence-electron chi connectivity index (χ1n) is 33.6. The van der Waals surface area contributed by atoms with Gasteiger partial charge in [0, 0.05) is 39.3 Å². The zero-order chi connectivity index (χ0) is 57.0. The number of hydrogen-bond acceptors (Lipinski definition) is 12. The summed E-state index contributed by atoms with van der Waals surface area (Å²) in [4.78, 5) is 60.4. The Morgan fingerprint density at radius 3 is 0.628 bits per heavy atom. The largest absolute Gasteiger partial charge is 0.466 e. The van der Waals surface area contributed by atoms with Crippen LogP contribution in [0.25, 0.3) is 0 Å². The Hall–Kier alpha value is -2.28. The summed E-state index contributed by atoms with van der Waals surface area (Å²) in [6.45, 7) is 18.5. The smallest absolute Gasteiger partial charge is 0.307 e. The van der Waals surface area contributed by atoms with E-state index in [9.17, 15) is 19.2 Å². The van der Waals surface area contributed by atoms with Crippen LogP contribution in [0.3, 0.4) is 0 Å². The van der Waals surface area contributed by atoms with Gasteiger partial charge in [0.05, 0.1) is 52.1 Å². The molecule has 0 radical (unpaired) electrons. The molecule has 0 aliphatic carbocycles. The van der Waals surface area contributed by atoms with Gasteiger partial charge in [-0.2, -0.15) is 0 Å². The van der Waals surface area contributed by atoms with Gasteiger partial charge in [0.2, 0.25) is 0 Å². The van der Waals surface area contributed by atoms with Crippen molar-refractivity contribution in [1.29, 1.82) is 0 Å². The summed E-state index contributed by atoms with van der Waals surface area (Å²) in [5.74, 6) is -0.611. The van der Waals surface area contributed by atoms with Gasteiger partial charge in [-0.15, -0.1) is 0 Å². The van der Waals surface area contributed by atoms with Crippen LogP contribution in [-0.2, 0) is 38.1 Å². The highest BCUT2D eigenvalue weighted by Gasteiger charge is 2.16. The number of carbonyl (C=O) groups excluding carboxylic acids is 4. The number of likely N-dealkylation sites (N-methyl/N-ethyl adjacent to an activating group) is 2. The van der Waals surface area contributed by atoms with Crippen molar-refractivity contribution in [3.8, 4) is 0 Å². The molecule has 0 aromatic carbocycles. The van der Waals surface area contributed by atoms with Crippen LogP contribution in [0.4, 0.5) is 0 Å². The lowest BCUT2D eigenvalue weighted by Gasteiger charge is -2.26. The molecule has 0 unspecified atom stereocenters. The summed E-state index contributed by atoms with van der Waals surface area (Å²) < 4.78 is 22.5. The zero-order valence-corrected chi connectivity index (χ0v) is 52.7. The van der Waals surface area contributed by atoms with Gasteiger partial charge in [0.25, 0.3) is 0 Å². The standard InChI is InChI=1S/C66H130N4O8/c1-7-11-15-19-23-27-31-35-39-59-75-63(71)45-53-69(54-46-64(72)76-60-40-36-32-28-24-20-16-12-8-2)51-43-49-67(5)57-58-68(6)50-44-52-70(55-47-65(73)77-61-41-37-33-29-25-21-17-13-9-3)56-48-66(74)78-62-42-38-34-30-26-22-18-14-10-4/h7-62H2,1-6H3. The van der Waals surface area contributed by atoms with E-state index in [2.05, 4.69) is 61.4 Å². The van der Waals surface area contributed by atoms with Crippen molar-refractivity contribution in [3.63, 3.8) is 0 Å². The average molecular weight is 1110 g/mol. The van der Waals surface area contributed by atoms with Gasteiger partial charge in [-0.3, -0.25) is 19.2 Å². The van der Waals surface area contributed by atoms with Gasteiger partial charge in [-0.05, 0) is 78.8 Å². The van der Waals surface area contributed by atoms with Gasteiger partial charge in [-0.25, -0.2) is 0 Å². The van der Waals surface area contributed by atoms with Crippen LogP contribution in [0, 0.1) is 0 Å². The van der Waals surface area contributed by atoms with Crippen LogP contribution in [0.2, 0.25) is 0 Å². The van der Waals surface area contributed by atoms with Gasteiger partial charge in [0.1, 0.15) is 0 Å². The monoisotopic (exact) mass is 1110 g/mol. The van der Waals surface area contributed by atoms with Crippen LogP contribution in [0.5, 0.6) is 0 Å². The molecule has 0 rings (SSSR count). The van der Waals surface area contributed by atoms with Crippen molar-refractivity contribution in [2.45, 2.75) is 297 Å². The number of rotatable bonds is 63. The first kappa shape index (κ1) is 75.7. The van der Waals surface area contributed by atoms with Crippen molar-refractivity contribution >= 4 is 23.9 Å². The maximum absolute atomic E-state index is 12.8. The third kappa shape index (κ3) is 57.0. The van der Waals surface area contributed by atoms with Crippen molar-refractivity contribution in [1.82, 2.24) is 19.6 Å². The van der Waals surface area contributed by atoms with E-state index in [1.54, 1.807) is 0 Å². The summed E-state index contributed by atoms with van der Waals surface area (Å²) in [5, 5.41) is 0. The van der Waals surface area contributed by atoms with Crippen LogP contribution in [0.15, 0.2) is 0 Å². The van der Waals surface area contributed by atoms with Crippen molar-refractivity contribution in [3.05, 3.63) is 0 Å². The second-order valence-corrected chi connectivity index (χ2v) is 23.2. The number of nitrogens with zero attached hydrogens (tertiary/aromatic N) is 4. The number of esters is 4. The predicted octanol–water partition coefficient (Wildman–Crippen LogP) is 16.1. The quantitative estimate of drug-likeness (QED) is 0.0328. The molecule has 0 saturated heterocycles.